The SMILES string of the molecule is C[Si](C)(c1ccccc1)C1C=Cc2ccsc21. The van der Waals surface area contributed by atoms with Crippen LogP contribution < -0.4 is 5.19 Å². The van der Waals surface area contributed by atoms with E-state index in [9.17, 15) is 0 Å². The Morgan fingerprint density at radius 2 is 1.82 bits per heavy atom. The van der Waals surface area contributed by atoms with Crippen LogP contribution in [0.25, 0.3) is 6.08 Å². The molecule has 0 amide bonds. The number of fused-ring (bicyclic) bond motifs is 1. The van der Waals surface area contributed by atoms with Crippen LogP contribution in [0.1, 0.15) is 16.0 Å². The number of allylic oxidation sites excluding steroid dienone is 1. The third kappa shape index (κ3) is 1.72. The Morgan fingerprint density at radius 3 is 2.59 bits per heavy atom. The molecule has 17 heavy (non-hydrogen) atoms. The number of thiophene rings is 1. The van der Waals surface area contributed by atoms with Gasteiger partial charge >= 0.3 is 0 Å². The molecular weight excluding hydrogens is 240 g/mol. The first-order chi connectivity index (χ1) is 8.19. The van der Waals surface area contributed by atoms with Crippen LogP contribution in [0.5, 0.6) is 0 Å². The standard InChI is InChI=1S/C15H16SSi/c1-17(2,13-6-4-3-5-7-13)14-9-8-12-10-11-16-15(12)14/h3-11,14H,1-2H3. The summed E-state index contributed by atoms with van der Waals surface area (Å²) in [5.74, 6) is 0. The fourth-order valence-electron chi connectivity index (χ4n) is 2.62. The predicted octanol–water partition coefficient (Wildman–Crippen LogP) is 4.01. The Bertz CT molecular complexity index is 551. The molecule has 1 aliphatic carbocycles. The second kappa shape index (κ2) is 3.97. The maximum absolute atomic E-state index is 2.48. The van der Waals surface area contributed by atoms with Crippen molar-refractivity contribution in [1.29, 1.82) is 0 Å². The molecule has 1 unspecified atom stereocenters. The highest BCUT2D eigenvalue weighted by Crippen LogP contribution is 2.39. The Kier molecular flexibility index (Phi) is 2.57. The Balaban J connectivity index is 2.04. The van der Waals surface area contributed by atoms with Gasteiger partial charge in [-0.25, -0.2) is 0 Å². The van der Waals surface area contributed by atoms with E-state index < -0.39 is 8.07 Å². The van der Waals surface area contributed by atoms with Gasteiger partial charge in [-0.3, -0.25) is 0 Å². The van der Waals surface area contributed by atoms with Crippen molar-refractivity contribution < 1.29 is 0 Å². The van der Waals surface area contributed by atoms with Crippen LogP contribution in [0, 0.1) is 0 Å². The minimum atomic E-state index is -1.44. The summed E-state index contributed by atoms with van der Waals surface area (Å²) in [6.45, 7) is 4.96. The van der Waals surface area contributed by atoms with Gasteiger partial charge in [-0.05, 0) is 17.0 Å². The van der Waals surface area contributed by atoms with Crippen LogP contribution in [-0.2, 0) is 0 Å². The van der Waals surface area contributed by atoms with Crippen LogP contribution >= 0.6 is 11.3 Å². The monoisotopic (exact) mass is 256 g/mol. The number of hydrogen-bond donors (Lipinski definition) is 0. The van der Waals surface area contributed by atoms with Gasteiger partial charge in [0.25, 0.3) is 0 Å². The summed E-state index contributed by atoms with van der Waals surface area (Å²) >= 11 is 1.91. The second-order valence-corrected chi connectivity index (χ2v) is 10.8. The van der Waals surface area contributed by atoms with Crippen molar-refractivity contribution >= 4 is 30.7 Å². The molecule has 1 aliphatic rings. The van der Waals surface area contributed by atoms with E-state index in [0.717, 1.165) is 0 Å². The second-order valence-electron chi connectivity index (χ2n) is 5.16. The third-order valence-electron chi connectivity index (χ3n) is 3.77. The first-order valence-electron chi connectivity index (χ1n) is 6.01. The van der Waals surface area contributed by atoms with Crippen molar-refractivity contribution in [3.63, 3.8) is 0 Å². The van der Waals surface area contributed by atoms with Crippen molar-refractivity contribution in [3.8, 4) is 0 Å². The zero-order chi connectivity index (χ0) is 11.9. The molecule has 0 radical (unpaired) electrons. The molecule has 0 bridgehead atoms. The van der Waals surface area contributed by atoms with Gasteiger partial charge in [0.05, 0.1) is 8.07 Å². The maximum atomic E-state index is 2.48. The molecule has 0 fully saturated rings. The lowest BCUT2D eigenvalue weighted by Crippen LogP contribution is -2.46. The summed E-state index contributed by atoms with van der Waals surface area (Å²) in [6, 6.07) is 13.3. The molecule has 1 aromatic heterocycles. The minimum absolute atomic E-state index is 0.653. The molecule has 0 saturated carbocycles. The molecule has 0 spiro atoms. The van der Waals surface area contributed by atoms with Crippen molar-refractivity contribution in [1.82, 2.24) is 0 Å². The summed E-state index contributed by atoms with van der Waals surface area (Å²) in [5, 5.41) is 3.77. The largest absolute Gasteiger partial charge is 0.148 e. The van der Waals surface area contributed by atoms with E-state index in [-0.39, 0.29) is 0 Å². The Hall–Kier alpha value is -1.12. The van der Waals surface area contributed by atoms with Crippen LogP contribution in [0.4, 0.5) is 0 Å². The van der Waals surface area contributed by atoms with Crippen LogP contribution in [0.2, 0.25) is 13.1 Å². The summed E-state index contributed by atoms with van der Waals surface area (Å²) in [6.07, 6.45) is 4.72. The Labute approximate surface area is 108 Å². The summed E-state index contributed by atoms with van der Waals surface area (Å²) in [7, 11) is -1.44. The molecule has 0 N–H and O–H groups in total. The maximum Gasteiger partial charge on any atom is 0.0930 e. The van der Waals surface area contributed by atoms with Crippen LogP contribution in [0.15, 0.2) is 47.9 Å². The molecule has 0 aliphatic heterocycles. The molecule has 1 atom stereocenters. The number of hydrogen-bond acceptors (Lipinski definition) is 1. The molecule has 0 saturated heterocycles. The van der Waals surface area contributed by atoms with Crippen molar-refractivity contribution in [3.05, 3.63) is 58.3 Å². The van der Waals surface area contributed by atoms with E-state index in [0.29, 0.717) is 5.54 Å². The van der Waals surface area contributed by atoms with Gasteiger partial charge in [-0.2, -0.15) is 0 Å². The summed E-state index contributed by atoms with van der Waals surface area (Å²) < 4.78 is 0. The average Bonchev–Trinajstić information content (AvgIpc) is 2.91. The zero-order valence-corrected chi connectivity index (χ0v) is 12.0. The van der Waals surface area contributed by atoms with E-state index in [2.05, 4.69) is 67.0 Å². The van der Waals surface area contributed by atoms with E-state index in [4.69, 9.17) is 0 Å². The molecule has 0 nitrogen and oxygen atoms in total. The zero-order valence-electron chi connectivity index (χ0n) is 10.2. The topological polar surface area (TPSA) is 0 Å². The highest BCUT2D eigenvalue weighted by Gasteiger charge is 2.36. The quantitative estimate of drug-likeness (QED) is 0.712. The lowest BCUT2D eigenvalue weighted by molar-refractivity contribution is 1.22. The lowest BCUT2D eigenvalue weighted by atomic mass is 10.3. The van der Waals surface area contributed by atoms with Gasteiger partial charge in [0.15, 0.2) is 0 Å². The molecule has 86 valence electrons. The highest BCUT2D eigenvalue weighted by molar-refractivity contribution is 7.11. The molecule has 3 rings (SSSR count). The molecule has 2 heteroatoms. The fraction of sp³-hybridized carbons (Fsp3) is 0.200. The smallest absolute Gasteiger partial charge is 0.0930 e. The van der Waals surface area contributed by atoms with Crippen molar-refractivity contribution in [2.75, 3.05) is 0 Å². The van der Waals surface area contributed by atoms with Crippen LogP contribution in [0.3, 0.4) is 0 Å². The third-order valence-corrected chi connectivity index (χ3v) is 8.86. The molecule has 1 heterocycles. The van der Waals surface area contributed by atoms with Gasteiger partial charge in [-0.1, -0.05) is 60.8 Å². The van der Waals surface area contributed by atoms with Gasteiger partial charge < -0.3 is 0 Å². The van der Waals surface area contributed by atoms with Crippen molar-refractivity contribution in [2.45, 2.75) is 18.6 Å². The lowest BCUT2D eigenvalue weighted by Gasteiger charge is -2.29. The summed E-state index contributed by atoms with van der Waals surface area (Å²) in [5.41, 5.74) is 2.09. The molecular formula is C15H16SSi. The van der Waals surface area contributed by atoms with E-state index in [1.807, 2.05) is 11.3 Å². The number of benzene rings is 1. The van der Waals surface area contributed by atoms with Gasteiger partial charge in [-0.15, -0.1) is 11.3 Å². The van der Waals surface area contributed by atoms with Gasteiger partial charge in [0.2, 0.25) is 0 Å². The first kappa shape index (κ1) is 11.0. The Morgan fingerprint density at radius 1 is 1.06 bits per heavy atom. The molecule has 1 aromatic carbocycles. The first-order valence-corrected chi connectivity index (χ1v) is 9.96. The normalized spacial score (nSPS) is 18.4. The highest BCUT2D eigenvalue weighted by atomic mass is 32.1. The fourth-order valence-corrected chi connectivity index (χ4v) is 7.38. The number of rotatable bonds is 2. The average molecular weight is 256 g/mol. The van der Waals surface area contributed by atoms with E-state index in [1.165, 1.54) is 5.56 Å². The van der Waals surface area contributed by atoms with Crippen LogP contribution in [-0.4, -0.2) is 8.07 Å². The van der Waals surface area contributed by atoms with Gasteiger partial charge in [0.1, 0.15) is 0 Å². The van der Waals surface area contributed by atoms with Crippen molar-refractivity contribution in [2.24, 2.45) is 0 Å². The molecule has 2 aromatic rings. The minimum Gasteiger partial charge on any atom is -0.148 e. The summed E-state index contributed by atoms with van der Waals surface area (Å²) in [4.78, 5) is 1.57. The van der Waals surface area contributed by atoms with E-state index >= 15 is 0 Å². The predicted molar refractivity (Wildman–Crippen MR) is 79.7 cm³/mol. The van der Waals surface area contributed by atoms with Gasteiger partial charge in [0, 0.05) is 10.4 Å². The van der Waals surface area contributed by atoms with E-state index in [1.54, 1.807) is 10.1 Å².